The molecule has 3 N–H and O–H groups in total. The molecule has 0 aliphatic heterocycles. The van der Waals surface area contributed by atoms with Crippen LogP contribution in [0.4, 0.5) is 17.2 Å². The second kappa shape index (κ2) is 10.1. The maximum atomic E-state index is 13.0. The third-order valence-corrected chi connectivity index (χ3v) is 7.26. The number of fused-ring (bicyclic) bond motifs is 1. The van der Waals surface area contributed by atoms with E-state index in [2.05, 4.69) is 26.3 Å². The van der Waals surface area contributed by atoms with Gasteiger partial charge in [-0.2, -0.15) is 0 Å². The summed E-state index contributed by atoms with van der Waals surface area (Å²) in [6.45, 7) is 2.03. The van der Waals surface area contributed by atoms with Crippen molar-refractivity contribution in [2.75, 3.05) is 10.6 Å². The summed E-state index contributed by atoms with van der Waals surface area (Å²) in [7, 11) is -3.66. The molecular weight excluding hydrogens is 448 g/mol. The van der Waals surface area contributed by atoms with Crippen molar-refractivity contribution in [1.82, 2.24) is 9.71 Å². The fraction of sp³-hybridized carbons (Fsp3) is 0.231. The topological polar surface area (TPSA) is 100 Å². The van der Waals surface area contributed by atoms with Crippen molar-refractivity contribution in [3.05, 3.63) is 77.5 Å². The quantitative estimate of drug-likeness (QED) is 0.422. The zero-order chi connectivity index (χ0) is 24.1. The van der Waals surface area contributed by atoms with Gasteiger partial charge in [-0.3, -0.25) is 4.79 Å². The average molecular weight is 475 g/mol. The summed E-state index contributed by atoms with van der Waals surface area (Å²) in [5, 5.41) is 5.97. The molecule has 0 saturated heterocycles. The summed E-state index contributed by atoms with van der Waals surface area (Å²) in [5.74, 6) is 2.49. The Morgan fingerprint density at radius 3 is 2.71 bits per heavy atom. The molecule has 1 aliphatic carbocycles. The van der Waals surface area contributed by atoms with E-state index in [1.54, 1.807) is 30.5 Å². The third kappa shape index (κ3) is 5.28. The Hall–Kier alpha value is -3.67. The van der Waals surface area contributed by atoms with E-state index in [1.165, 1.54) is 0 Å². The molecule has 1 aliphatic rings. The van der Waals surface area contributed by atoms with Gasteiger partial charge in [-0.1, -0.05) is 31.0 Å². The Morgan fingerprint density at radius 1 is 1.18 bits per heavy atom. The van der Waals surface area contributed by atoms with Crippen molar-refractivity contribution < 1.29 is 13.2 Å². The normalized spacial score (nSPS) is 14.8. The van der Waals surface area contributed by atoms with Crippen LogP contribution in [-0.2, 0) is 27.7 Å². The molecule has 1 amide bonds. The summed E-state index contributed by atoms with van der Waals surface area (Å²) < 4.78 is 28.8. The van der Waals surface area contributed by atoms with Gasteiger partial charge in [-0.05, 0) is 72.4 Å². The van der Waals surface area contributed by atoms with Crippen molar-refractivity contribution in [3.8, 4) is 12.3 Å². The number of hydrogen-bond donors (Lipinski definition) is 3. The lowest BCUT2D eigenvalue weighted by Gasteiger charge is -2.17. The number of amides is 1. The number of aryl methyl sites for hydroxylation is 2. The average Bonchev–Trinajstić information content (AvgIpc) is 3.22. The summed E-state index contributed by atoms with van der Waals surface area (Å²) in [5.41, 5.74) is 4.36. The van der Waals surface area contributed by atoms with Crippen LogP contribution in [0.1, 0.15) is 42.5 Å². The van der Waals surface area contributed by atoms with Crippen LogP contribution in [0.3, 0.4) is 0 Å². The van der Waals surface area contributed by atoms with Crippen molar-refractivity contribution >= 4 is 33.1 Å². The SMILES string of the molecule is C#CCC(=O)Nc1cccnc1Nc1ccc2c(c1)C(NS(=O)(=O)c1ccc(CC)cc1)CC2. The number of nitrogens with zero attached hydrogens (tertiary/aromatic N) is 1. The first kappa shape index (κ1) is 23.5. The van der Waals surface area contributed by atoms with Crippen LogP contribution in [0, 0.1) is 12.3 Å². The molecule has 0 bridgehead atoms. The highest BCUT2D eigenvalue weighted by Gasteiger charge is 2.28. The second-order valence-electron chi connectivity index (χ2n) is 8.08. The number of hydrogen-bond acceptors (Lipinski definition) is 5. The molecule has 3 aromatic rings. The highest BCUT2D eigenvalue weighted by Crippen LogP contribution is 2.35. The largest absolute Gasteiger partial charge is 0.338 e. The molecule has 8 heteroatoms. The number of rotatable bonds is 8. The summed E-state index contributed by atoms with van der Waals surface area (Å²) in [4.78, 5) is 16.5. The Morgan fingerprint density at radius 2 is 1.97 bits per heavy atom. The maximum absolute atomic E-state index is 13.0. The van der Waals surface area contributed by atoms with Crippen molar-refractivity contribution in [2.45, 2.75) is 43.5 Å². The molecule has 1 aromatic heterocycles. The van der Waals surface area contributed by atoms with Gasteiger partial charge < -0.3 is 10.6 Å². The number of anilines is 3. The Kier molecular flexibility index (Phi) is 6.96. The molecule has 0 saturated carbocycles. The second-order valence-corrected chi connectivity index (χ2v) is 9.79. The Bertz CT molecular complexity index is 1350. The molecule has 1 heterocycles. The minimum absolute atomic E-state index is 0.0316. The first-order chi connectivity index (χ1) is 16.4. The Labute approximate surface area is 200 Å². The fourth-order valence-corrected chi connectivity index (χ4v) is 5.24. The first-order valence-electron chi connectivity index (χ1n) is 11.1. The number of nitrogens with one attached hydrogen (secondary N) is 3. The number of pyridine rings is 1. The molecular formula is C26H26N4O3S. The van der Waals surface area contributed by atoms with Gasteiger partial charge in [0.05, 0.1) is 17.0 Å². The Balaban J connectivity index is 1.54. The minimum atomic E-state index is -3.66. The van der Waals surface area contributed by atoms with Crippen molar-refractivity contribution in [1.29, 1.82) is 0 Å². The third-order valence-electron chi connectivity index (χ3n) is 5.77. The van der Waals surface area contributed by atoms with Gasteiger partial charge in [0.25, 0.3) is 0 Å². The lowest BCUT2D eigenvalue weighted by molar-refractivity contribution is -0.115. The first-order valence-corrected chi connectivity index (χ1v) is 12.6. The van der Waals surface area contributed by atoms with Crippen molar-refractivity contribution in [3.63, 3.8) is 0 Å². The van der Waals surface area contributed by atoms with Gasteiger partial charge in [0.1, 0.15) is 0 Å². The highest BCUT2D eigenvalue weighted by atomic mass is 32.2. The number of carbonyl (C=O) groups excluding carboxylic acids is 1. The van der Waals surface area contributed by atoms with Crippen LogP contribution in [0.15, 0.2) is 65.7 Å². The summed E-state index contributed by atoms with van der Waals surface area (Å²) in [6, 6.07) is 15.9. The van der Waals surface area contributed by atoms with E-state index in [0.29, 0.717) is 17.9 Å². The van der Waals surface area contributed by atoms with Gasteiger partial charge in [0.2, 0.25) is 15.9 Å². The van der Waals surface area contributed by atoms with Gasteiger partial charge >= 0.3 is 0 Å². The maximum Gasteiger partial charge on any atom is 0.241 e. The number of terminal acetylenes is 1. The molecule has 174 valence electrons. The molecule has 34 heavy (non-hydrogen) atoms. The lowest BCUT2D eigenvalue weighted by atomic mass is 10.1. The molecule has 0 fully saturated rings. The van der Waals surface area contributed by atoms with E-state index < -0.39 is 10.0 Å². The monoisotopic (exact) mass is 474 g/mol. The van der Waals surface area contributed by atoms with E-state index in [0.717, 1.165) is 35.2 Å². The minimum Gasteiger partial charge on any atom is -0.338 e. The van der Waals surface area contributed by atoms with E-state index >= 15 is 0 Å². The van der Waals surface area contributed by atoms with Gasteiger partial charge in [0.15, 0.2) is 5.82 Å². The lowest BCUT2D eigenvalue weighted by Crippen LogP contribution is -2.27. The summed E-state index contributed by atoms with van der Waals surface area (Å²) in [6.07, 6.45) is 9.12. The molecule has 0 spiro atoms. The van der Waals surface area contributed by atoms with E-state index in [1.807, 2.05) is 37.3 Å². The van der Waals surface area contributed by atoms with Gasteiger partial charge in [0, 0.05) is 17.9 Å². The number of sulfonamides is 1. The van der Waals surface area contributed by atoms with E-state index in [-0.39, 0.29) is 23.3 Å². The molecule has 0 radical (unpaired) electrons. The zero-order valence-corrected chi connectivity index (χ0v) is 19.7. The van der Waals surface area contributed by atoms with Crippen LogP contribution in [0.25, 0.3) is 0 Å². The van der Waals surface area contributed by atoms with Crippen LogP contribution in [-0.4, -0.2) is 19.3 Å². The standard InChI is InChI=1S/C26H26N4O3S/c1-3-6-25(31)29-24-7-5-16-27-26(24)28-20-12-10-19-11-15-23(22(19)17-20)30-34(32,33)21-13-8-18(4-2)9-14-21/h1,5,7-10,12-14,16-17,23,30H,4,6,11,15H2,2H3,(H,27,28)(H,29,31). The molecule has 1 unspecified atom stereocenters. The molecule has 2 aromatic carbocycles. The predicted octanol–water partition coefficient (Wildman–Crippen LogP) is 4.32. The van der Waals surface area contributed by atoms with Crippen LogP contribution < -0.4 is 15.4 Å². The molecule has 4 rings (SSSR count). The van der Waals surface area contributed by atoms with Gasteiger partial charge in [-0.15, -0.1) is 6.42 Å². The number of aromatic nitrogens is 1. The number of benzene rings is 2. The van der Waals surface area contributed by atoms with Crippen molar-refractivity contribution in [2.24, 2.45) is 0 Å². The summed E-state index contributed by atoms with van der Waals surface area (Å²) >= 11 is 0. The zero-order valence-electron chi connectivity index (χ0n) is 18.8. The number of carbonyl (C=O) groups is 1. The predicted molar refractivity (Wildman–Crippen MR) is 133 cm³/mol. The van der Waals surface area contributed by atoms with E-state index in [9.17, 15) is 13.2 Å². The van der Waals surface area contributed by atoms with Gasteiger partial charge in [-0.25, -0.2) is 18.1 Å². The van der Waals surface area contributed by atoms with Crippen LogP contribution >= 0.6 is 0 Å². The molecule has 7 nitrogen and oxygen atoms in total. The molecule has 1 atom stereocenters. The van der Waals surface area contributed by atoms with Crippen LogP contribution in [0.2, 0.25) is 0 Å². The van der Waals surface area contributed by atoms with Crippen LogP contribution in [0.5, 0.6) is 0 Å². The van der Waals surface area contributed by atoms with E-state index in [4.69, 9.17) is 6.42 Å². The fourth-order valence-electron chi connectivity index (χ4n) is 3.99. The smallest absolute Gasteiger partial charge is 0.241 e. The highest BCUT2D eigenvalue weighted by molar-refractivity contribution is 7.89.